The molecule has 0 saturated heterocycles. The highest BCUT2D eigenvalue weighted by molar-refractivity contribution is 6.09. The van der Waals surface area contributed by atoms with Crippen LogP contribution < -0.4 is 14.4 Å². The van der Waals surface area contributed by atoms with Gasteiger partial charge < -0.3 is 19.5 Å². The molecule has 0 aromatic heterocycles. The number of fused-ring (bicyclic) bond motifs is 1. The minimum absolute atomic E-state index is 0.239. The van der Waals surface area contributed by atoms with Gasteiger partial charge in [0.1, 0.15) is 5.78 Å². The van der Waals surface area contributed by atoms with E-state index in [0.29, 0.717) is 35.3 Å². The van der Waals surface area contributed by atoms with E-state index in [2.05, 4.69) is 13.8 Å². The van der Waals surface area contributed by atoms with Crippen molar-refractivity contribution in [2.24, 2.45) is 5.92 Å². The zero-order chi connectivity index (χ0) is 23.6. The smallest absolute Gasteiger partial charge is 0.264 e. The van der Waals surface area contributed by atoms with Crippen molar-refractivity contribution in [1.29, 1.82) is 0 Å². The van der Waals surface area contributed by atoms with Crippen LogP contribution in [0.2, 0.25) is 0 Å². The first-order valence-electron chi connectivity index (χ1n) is 11.0. The Labute approximate surface area is 190 Å². The first-order valence-corrected chi connectivity index (χ1v) is 11.0. The third kappa shape index (κ3) is 4.65. The van der Waals surface area contributed by atoms with Gasteiger partial charge in [-0.3, -0.25) is 9.59 Å². The molecule has 0 saturated carbocycles. The summed E-state index contributed by atoms with van der Waals surface area (Å²) in [4.78, 5) is 26.8. The predicted molar refractivity (Wildman–Crippen MR) is 124 cm³/mol. The average Bonchev–Trinajstić information content (AvgIpc) is 2.90. The van der Waals surface area contributed by atoms with E-state index < -0.39 is 11.5 Å². The van der Waals surface area contributed by atoms with Gasteiger partial charge in [0.05, 0.1) is 25.9 Å². The van der Waals surface area contributed by atoms with Crippen molar-refractivity contribution in [3.63, 3.8) is 0 Å². The topological polar surface area (TPSA) is 76.1 Å². The minimum atomic E-state index is -1.85. The van der Waals surface area contributed by atoms with Crippen LogP contribution in [0.15, 0.2) is 30.3 Å². The number of anilines is 1. The number of rotatable bonds is 9. The van der Waals surface area contributed by atoms with Crippen LogP contribution in [0.25, 0.3) is 0 Å². The van der Waals surface area contributed by atoms with Crippen LogP contribution in [0, 0.1) is 19.8 Å². The second-order valence-electron chi connectivity index (χ2n) is 9.12. The monoisotopic (exact) mass is 439 g/mol. The van der Waals surface area contributed by atoms with Crippen molar-refractivity contribution in [3.05, 3.63) is 52.6 Å². The maximum absolute atomic E-state index is 13.4. The summed E-state index contributed by atoms with van der Waals surface area (Å²) in [5, 5.41) is 11.3. The molecule has 0 bridgehead atoms. The Morgan fingerprint density at radius 3 is 2.50 bits per heavy atom. The number of hydrogen-bond donors (Lipinski definition) is 1. The number of aryl methyl sites for hydroxylation is 2. The van der Waals surface area contributed by atoms with Crippen molar-refractivity contribution in [3.8, 4) is 11.5 Å². The second kappa shape index (κ2) is 9.33. The normalized spacial score (nSPS) is 17.6. The average molecular weight is 440 g/mol. The van der Waals surface area contributed by atoms with Crippen molar-refractivity contribution in [2.75, 3.05) is 18.6 Å². The fourth-order valence-corrected chi connectivity index (χ4v) is 4.27. The Morgan fingerprint density at radius 2 is 1.88 bits per heavy atom. The predicted octanol–water partition coefficient (Wildman–Crippen LogP) is 4.45. The zero-order valence-electron chi connectivity index (χ0n) is 19.8. The summed E-state index contributed by atoms with van der Waals surface area (Å²) in [6.45, 7) is 10.4. The molecule has 2 aromatic carbocycles. The molecule has 1 heterocycles. The van der Waals surface area contributed by atoms with Gasteiger partial charge in [0.15, 0.2) is 17.1 Å². The highest BCUT2D eigenvalue weighted by atomic mass is 16.5. The van der Waals surface area contributed by atoms with E-state index in [1.165, 1.54) is 6.92 Å². The van der Waals surface area contributed by atoms with Crippen LogP contribution in [0.5, 0.6) is 11.5 Å². The van der Waals surface area contributed by atoms with Crippen LogP contribution >= 0.6 is 0 Å². The summed E-state index contributed by atoms with van der Waals surface area (Å²) in [6.07, 6.45) is 0.696. The fourth-order valence-electron chi connectivity index (χ4n) is 4.27. The van der Waals surface area contributed by atoms with Crippen molar-refractivity contribution in [1.82, 2.24) is 0 Å². The first kappa shape index (κ1) is 23.8. The van der Waals surface area contributed by atoms with Gasteiger partial charge >= 0.3 is 0 Å². The molecule has 0 radical (unpaired) electrons. The number of nitrogens with zero attached hydrogens (tertiary/aromatic N) is 1. The van der Waals surface area contributed by atoms with Crippen LogP contribution in [-0.4, -0.2) is 30.5 Å². The van der Waals surface area contributed by atoms with Gasteiger partial charge in [0.2, 0.25) is 0 Å². The Morgan fingerprint density at radius 1 is 1.16 bits per heavy atom. The molecule has 1 amide bonds. The summed E-state index contributed by atoms with van der Waals surface area (Å²) < 4.78 is 11.4. The number of amides is 1. The summed E-state index contributed by atoms with van der Waals surface area (Å²) in [5.74, 6) is 1.08. The highest BCUT2D eigenvalue weighted by Crippen LogP contribution is 2.46. The minimum Gasteiger partial charge on any atom is -0.493 e. The molecule has 0 unspecified atom stereocenters. The first-order chi connectivity index (χ1) is 15.1. The molecular weight excluding hydrogens is 406 g/mol. The van der Waals surface area contributed by atoms with Crippen molar-refractivity contribution >= 4 is 17.4 Å². The van der Waals surface area contributed by atoms with Crippen molar-refractivity contribution < 1.29 is 24.2 Å². The lowest BCUT2D eigenvalue weighted by atomic mass is 9.88. The third-order valence-electron chi connectivity index (χ3n) is 5.79. The van der Waals surface area contributed by atoms with Gasteiger partial charge in [-0.2, -0.15) is 0 Å². The number of ketones is 1. The molecule has 2 aromatic rings. The largest absolute Gasteiger partial charge is 0.493 e. The van der Waals surface area contributed by atoms with E-state index in [4.69, 9.17) is 9.47 Å². The number of hydrogen-bond acceptors (Lipinski definition) is 5. The number of methoxy groups -OCH3 is 1. The fraction of sp³-hybridized carbons (Fsp3) is 0.462. The standard InChI is InChI=1S/C26H33NO5/c1-16(2)9-10-32-22-8-7-20(13-23(22)31-6)15-27-24-18(4)11-17(3)12-21(24)26(30,25(27)29)14-19(5)28/h7-8,11-13,16,30H,9-10,14-15H2,1-6H3/t26-/m1/s1. The number of Topliss-reactive ketones (excluding diaryl/α,β-unsaturated/α-hetero) is 1. The number of benzene rings is 2. The summed E-state index contributed by atoms with van der Waals surface area (Å²) >= 11 is 0. The highest BCUT2D eigenvalue weighted by Gasteiger charge is 2.51. The lowest BCUT2D eigenvalue weighted by Gasteiger charge is -2.23. The maximum atomic E-state index is 13.4. The van der Waals surface area contributed by atoms with E-state index in [1.807, 2.05) is 38.1 Å². The lowest BCUT2D eigenvalue weighted by Crippen LogP contribution is -2.41. The van der Waals surface area contributed by atoms with Gasteiger partial charge in [0.25, 0.3) is 5.91 Å². The summed E-state index contributed by atoms with van der Waals surface area (Å²) in [5.41, 5.74) is 1.97. The molecule has 1 atom stereocenters. The summed E-state index contributed by atoms with van der Waals surface area (Å²) in [6, 6.07) is 9.37. The molecule has 0 spiro atoms. The molecule has 3 rings (SSSR count). The Hall–Kier alpha value is -2.86. The van der Waals surface area contributed by atoms with Gasteiger partial charge in [-0.15, -0.1) is 0 Å². The Balaban J connectivity index is 1.94. The van der Waals surface area contributed by atoms with E-state index in [1.54, 1.807) is 18.1 Å². The third-order valence-corrected chi connectivity index (χ3v) is 5.79. The lowest BCUT2D eigenvalue weighted by molar-refractivity contribution is -0.141. The molecule has 0 fully saturated rings. The molecule has 32 heavy (non-hydrogen) atoms. The van der Waals surface area contributed by atoms with E-state index >= 15 is 0 Å². The van der Waals surface area contributed by atoms with Crippen LogP contribution in [0.4, 0.5) is 5.69 Å². The van der Waals surface area contributed by atoms with Gasteiger partial charge in [0, 0.05) is 12.0 Å². The number of ether oxygens (including phenoxy) is 2. The Kier molecular flexibility index (Phi) is 6.94. The number of carbonyl (C=O) groups excluding carboxylic acids is 2. The molecule has 1 aliphatic heterocycles. The van der Waals surface area contributed by atoms with Crippen LogP contribution in [0.3, 0.4) is 0 Å². The van der Waals surface area contributed by atoms with Gasteiger partial charge in [-0.25, -0.2) is 0 Å². The molecule has 6 nitrogen and oxygen atoms in total. The number of aliphatic hydroxyl groups is 1. The van der Waals surface area contributed by atoms with Gasteiger partial charge in [-0.05, 0) is 56.4 Å². The molecular formula is C26H33NO5. The Bertz CT molecular complexity index is 1030. The molecule has 0 aliphatic carbocycles. The molecule has 1 N–H and O–H groups in total. The number of carbonyl (C=O) groups is 2. The van der Waals surface area contributed by atoms with E-state index in [-0.39, 0.29) is 18.7 Å². The van der Waals surface area contributed by atoms with Crippen molar-refractivity contribution in [2.45, 2.75) is 59.6 Å². The van der Waals surface area contributed by atoms with Crippen LogP contribution in [-0.2, 0) is 21.7 Å². The zero-order valence-corrected chi connectivity index (χ0v) is 19.8. The quantitative estimate of drug-likeness (QED) is 0.625. The molecule has 6 heteroatoms. The van der Waals surface area contributed by atoms with E-state index in [9.17, 15) is 14.7 Å². The second-order valence-corrected chi connectivity index (χ2v) is 9.12. The maximum Gasteiger partial charge on any atom is 0.264 e. The van der Waals surface area contributed by atoms with Gasteiger partial charge in [-0.1, -0.05) is 37.6 Å². The SMILES string of the molecule is COc1cc(CN2C(=O)[C@@](O)(CC(C)=O)c3cc(C)cc(C)c32)ccc1OCCC(C)C. The van der Waals surface area contributed by atoms with E-state index in [0.717, 1.165) is 23.1 Å². The van der Waals surface area contributed by atoms with Crippen LogP contribution in [0.1, 0.15) is 55.9 Å². The summed E-state index contributed by atoms with van der Waals surface area (Å²) in [7, 11) is 1.59. The molecule has 1 aliphatic rings. The molecule has 172 valence electrons.